The number of aliphatic hydroxyl groups is 1. The fourth-order valence-corrected chi connectivity index (χ4v) is 4.67. The van der Waals surface area contributed by atoms with E-state index in [-0.39, 0.29) is 5.41 Å². The second-order valence-electron chi connectivity index (χ2n) is 6.00. The first-order chi connectivity index (χ1) is 8.26. The lowest BCUT2D eigenvalue weighted by molar-refractivity contribution is 0.0573. The average molecular weight is 257 g/mol. The van der Waals surface area contributed by atoms with E-state index in [1.807, 2.05) is 0 Å². The number of hydrogen-bond acceptors (Lipinski definition) is 3. The van der Waals surface area contributed by atoms with Gasteiger partial charge in [-0.1, -0.05) is 25.7 Å². The third-order valence-electron chi connectivity index (χ3n) is 4.61. The van der Waals surface area contributed by atoms with Gasteiger partial charge in [-0.25, -0.2) is 0 Å². The van der Waals surface area contributed by atoms with Gasteiger partial charge in [0, 0.05) is 30.4 Å². The topological polar surface area (TPSA) is 23.5 Å². The summed E-state index contributed by atoms with van der Waals surface area (Å²) in [5.41, 5.74) is 0.207. The van der Waals surface area contributed by atoms with Gasteiger partial charge in [-0.3, -0.25) is 0 Å². The van der Waals surface area contributed by atoms with Crippen molar-refractivity contribution < 1.29 is 5.11 Å². The number of thioether (sulfide) groups is 1. The molecule has 0 bridgehead atoms. The van der Waals surface area contributed by atoms with Gasteiger partial charge >= 0.3 is 0 Å². The molecule has 0 radical (unpaired) electrons. The normalized spacial score (nSPS) is 29.5. The van der Waals surface area contributed by atoms with Crippen LogP contribution in [0.1, 0.15) is 44.9 Å². The minimum absolute atomic E-state index is 0.207. The molecule has 1 saturated carbocycles. The van der Waals surface area contributed by atoms with Gasteiger partial charge in [-0.05, 0) is 32.1 Å². The third kappa shape index (κ3) is 3.62. The molecule has 17 heavy (non-hydrogen) atoms. The molecule has 1 unspecified atom stereocenters. The first-order valence-electron chi connectivity index (χ1n) is 7.15. The maximum Gasteiger partial charge on any atom is 0.0499 e. The Hall–Kier alpha value is 0.270. The molecule has 1 atom stereocenters. The molecule has 0 aromatic carbocycles. The van der Waals surface area contributed by atoms with Gasteiger partial charge in [0.2, 0.25) is 0 Å². The van der Waals surface area contributed by atoms with Crippen LogP contribution in [-0.2, 0) is 0 Å². The van der Waals surface area contributed by atoms with Gasteiger partial charge in [0.1, 0.15) is 0 Å². The SMILES string of the molecule is CN(CC1(CO)CCCCCC1)C1CCSC1. The average Bonchev–Trinajstić information content (AvgIpc) is 2.78. The highest BCUT2D eigenvalue weighted by molar-refractivity contribution is 7.99. The minimum atomic E-state index is 0.207. The summed E-state index contributed by atoms with van der Waals surface area (Å²) in [7, 11) is 2.26. The Morgan fingerprint density at radius 3 is 2.47 bits per heavy atom. The van der Waals surface area contributed by atoms with Gasteiger partial charge in [-0.15, -0.1) is 0 Å². The Kier molecular flexibility index (Phi) is 5.19. The molecule has 1 aliphatic carbocycles. The van der Waals surface area contributed by atoms with Crippen molar-refractivity contribution >= 4 is 11.8 Å². The van der Waals surface area contributed by atoms with Gasteiger partial charge in [-0.2, -0.15) is 11.8 Å². The second-order valence-corrected chi connectivity index (χ2v) is 7.15. The molecule has 0 aromatic heterocycles. The number of hydrogen-bond donors (Lipinski definition) is 1. The van der Waals surface area contributed by atoms with Crippen LogP contribution in [0.5, 0.6) is 0 Å². The van der Waals surface area contributed by atoms with Crippen molar-refractivity contribution in [1.29, 1.82) is 0 Å². The van der Waals surface area contributed by atoms with Crippen LogP contribution in [-0.4, -0.2) is 47.8 Å². The van der Waals surface area contributed by atoms with E-state index in [0.29, 0.717) is 6.61 Å². The molecule has 3 heteroatoms. The molecule has 0 spiro atoms. The highest BCUT2D eigenvalue weighted by Crippen LogP contribution is 2.36. The fourth-order valence-electron chi connectivity index (χ4n) is 3.37. The summed E-state index contributed by atoms with van der Waals surface area (Å²) in [4.78, 5) is 2.53. The predicted octanol–water partition coefficient (Wildman–Crippen LogP) is 2.76. The van der Waals surface area contributed by atoms with Crippen molar-refractivity contribution in [3.63, 3.8) is 0 Å². The molecule has 100 valence electrons. The quantitative estimate of drug-likeness (QED) is 0.783. The molecular formula is C14H27NOS. The molecule has 1 aliphatic heterocycles. The largest absolute Gasteiger partial charge is 0.396 e. The van der Waals surface area contributed by atoms with E-state index in [1.54, 1.807) is 0 Å². The van der Waals surface area contributed by atoms with Crippen LogP contribution < -0.4 is 0 Å². The van der Waals surface area contributed by atoms with Crippen LogP contribution in [0.25, 0.3) is 0 Å². The van der Waals surface area contributed by atoms with Crippen molar-refractivity contribution in [3.05, 3.63) is 0 Å². The van der Waals surface area contributed by atoms with Gasteiger partial charge < -0.3 is 10.0 Å². The van der Waals surface area contributed by atoms with Crippen molar-refractivity contribution in [1.82, 2.24) is 4.90 Å². The van der Waals surface area contributed by atoms with E-state index >= 15 is 0 Å². The molecule has 2 rings (SSSR count). The fraction of sp³-hybridized carbons (Fsp3) is 1.00. The van der Waals surface area contributed by atoms with E-state index in [9.17, 15) is 5.11 Å². The molecule has 0 aromatic rings. The number of nitrogens with zero attached hydrogens (tertiary/aromatic N) is 1. The summed E-state index contributed by atoms with van der Waals surface area (Å²) in [5.74, 6) is 2.61. The second kappa shape index (κ2) is 6.44. The van der Waals surface area contributed by atoms with Crippen molar-refractivity contribution in [2.24, 2.45) is 5.41 Å². The van der Waals surface area contributed by atoms with Crippen molar-refractivity contribution in [2.75, 3.05) is 31.7 Å². The summed E-state index contributed by atoms with van der Waals surface area (Å²) in [6, 6.07) is 0.756. The summed E-state index contributed by atoms with van der Waals surface area (Å²) >= 11 is 2.08. The first-order valence-corrected chi connectivity index (χ1v) is 8.30. The van der Waals surface area contributed by atoms with E-state index < -0.39 is 0 Å². The van der Waals surface area contributed by atoms with Gasteiger partial charge in [0.25, 0.3) is 0 Å². The first kappa shape index (κ1) is 13.7. The third-order valence-corrected chi connectivity index (χ3v) is 5.76. The van der Waals surface area contributed by atoms with Crippen LogP contribution in [0.15, 0.2) is 0 Å². The van der Waals surface area contributed by atoms with E-state index in [0.717, 1.165) is 12.6 Å². The van der Waals surface area contributed by atoms with Crippen LogP contribution in [0.3, 0.4) is 0 Å². The molecular weight excluding hydrogens is 230 g/mol. The molecule has 0 amide bonds. The maximum absolute atomic E-state index is 9.83. The number of rotatable bonds is 4. The summed E-state index contributed by atoms with van der Waals surface area (Å²) in [6.45, 7) is 1.49. The summed E-state index contributed by atoms with van der Waals surface area (Å²) < 4.78 is 0. The highest BCUT2D eigenvalue weighted by atomic mass is 32.2. The Morgan fingerprint density at radius 1 is 1.24 bits per heavy atom. The molecule has 1 saturated heterocycles. The predicted molar refractivity (Wildman–Crippen MR) is 75.6 cm³/mol. The molecule has 2 aliphatic rings. The van der Waals surface area contributed by atoms with E-state index in [1.165, 1.54) is 56.5 Å². The van der Waals surface area contributed by atoms with Crippen LogP contribution in [0.2, 0.25) is 0 Å². The van der Waals surface area contributed by atoms with Gasteiger partial charge in [0.15, 0.2) is 0 Å². The van der Waals surface area contributed by atoms with Crippen LogP contribution in [0.4, 0.5) is 0 Å². The van der Waals surface area contributed by atoms with Crippen molar-refractivity contribution in [2.45, 2.75) is 51.0 Å². The number of aliphatic hydroxyl groups excluding tert-OH is 1. The van der Waals surface area contributed by atoms with E-state index in [4.69, 9.17) is 0 Å². The van der Waals surface area contributed by atoms with Gasteiger partial charge in [0.05, 0.1) is 0 Å². The zero-order valence-corrected chi connectivity index (χ0v) is 12.0. The Morgan fingerprint density at radius 2 is 1.94 bits per heavy atom. The molecule has 1 N–H and O–H groups in total. The Labute approximate surface area is 110 Å². The monoisotopic (exact) mass is 257 g/mol. The summed E-state index contributed by atoms with van der Waals surface area (Å²) in [6.07, 6.45) is 9.15. The Bertz CT molecular complexity index is 220. The zero-order chi connectivity index (χ0) is 12.1. The lowest BCUT2D eigenvalue weighted by Crippen LogP contribution is -2.43. The molecule has 2 nitrogen and oxygen atoms in total. The Balaban J connectivity index is 1.92. The maximum atomic E-state index is 9.83. The molecule has 1 heterocycles. The molecule has 2 fully saturated rings. The van der Waals surface area contributed by atoms with Crippen molar-refractivity contribution in [3.8, 4) is 0 Å². The highest BCUT2D eigenvalue weighted by Gasteiger charge is 2.33. The summed E-state index contributed by atoms with van der Waals surface area (Å²) in [5, 5.41) is 9.83. The lowest BCUT2D eigenvalue weighted by atomic mass is 9.80. The lowest BCUT2D eigenvalue weighted by Gasteiger charge is -2.37. The smallest absolute Gasteiger partial charge is 0.0499 e. The minimum Gasteiger partial charge on any atom is -0.396 e. The van der Waals surface area contributed by atoms with E-state index in [2.05, 4.69) is 23.7 Å². The van der Waals surface area contributed by atoms with Crippen LogP contribution >= 0.6 is 11.8 Å². The standard InChI is InChI=1S/C14H27NOS/c1-15(13-6-9-17-10-13)11-14(12-16)7-4-2-3-5-8-14/h13,16H,2-12H2,1H3. The van der Waals surface area contributed by atoms with Crippen LogP contribution in [0, 0.1) is 5.41 Å². The zero-order valence-electron chi connectivity index (χ0n) is 11.2.